The lowest BCUT2D eigenvalue weighted by Gasteiger charge is -2.30. The van der Waals surface area contributed by atoms with Gasteiger partial charge in [0.2, 0.25) is 0 Å². The van der Waals surface area contributed by atoms with E-state index in [4.69, 9.17) is 16.3 Å². The van der Waals surface area contributed by atoms with Gasteiger partial charge < -0.3 is 9.64 Å². The van der Waals surface area contributed by atoms with E-state index in [0.29, 0.717) is 36.0 Å². The zero-order chi connectivity index (χ0) is 21.0. The van der Waals surface area contributed by atoms with Gasteiger partial charge in [0.25, 0.3) is 5.91 Å². The molecule has 1 aliphatic rings. The lowest BCUT2D eigenvalue weighted by atomic mass is 10.0. The summed E-state index contributed by atoms with van der Waals surface area (Å²) in [5.74, 6) is -0.707. The normalized spacial score (nSPS) is 17.0. The molecule has 2 aromatic rings. The fraction of sp³-hybridized carbons (Fsp3) is 0.381. The third-order valence-electron chi connectivity index (χ3n) is 4.85. The zero-order valence-corrected chi connectivity index (χ0v) is 17.2. The van der Waals surface area contributed by atoms with Gasteiger partial charge in [-0.3, -0.25) is 4.79 Å². The van der Waals surface area contributed by atoms with Gasteiger partial charge in [0.05, 0.1) is 11.4 Å². The maximum atomic E-state index is 13.1. The number of piperidine rings is 1. The Morgan fingerprint density at radius 1 is 1.34 bits per heavy atom. The van der Waals surface area contributed by atoms with Crippen LogP contribution in [-0.2, 0) is 14.3 Å². The van der Waals surface area contributed by atoms with Crippen LogP contribution in [0.25, 0.3) is 11.8 Å². The first kappa shape index (κ1) is 21.0. The van der Waals surface area contributed by atoms with Crippen LogP contribution in [0.2, 0.25) is 5.15 Å². The molecule has 0 saturated carbocycles. The molecule has 8 heteroatoms. The van der Waals surface area contributed by atoms with Gasteiger partial charge in [-0.1, -0.05) is 18.5 Å². The van der Waals surface area contributed by atoms with Crippen LogP contribution in [0.1, 0.15) is 31.0 Å². The molecule has 3 rings (SSSR count). The van der Waals surface area contributed by atoms with Crippen molar-refractivity contribution in [1.29, 1.82) is 0 Å². The molecule has 1 unspecified atom stereocenters. The van der Waals surface area contributed by atoms with E-state index < -0.39 is 5.97 Å². The fourth-order valence-corrected chi connectivity index (χ4v) is 3.63. The molecule has 0 aliphatic carbocycles. The van der Waals surface area contributed by atoms with Gasteiger partial charge in [-0.15, -0.1) is 0 Å². The van der Waals surface area contributed by atoms with Crippen molar-refractivity contribution in [3.8, 4) is 5.69 Å². The van der Waals surface area contributed by atoms with E-state index in [1.54, 1.807) is 24.0 Å². The predicted molar refractivity (Wildman–Crippen MR) is 108 cm³/mol. The number of likely N-dealkylation sites (tertiary alicyclic amines) is 1. The van der Waals surface area contributed by atoms with Crippen molar-refractivity contribution in [2.45, 2.75) is 26.7 Å². The second kappa shape index (κ2) is 9.22. The molecule has 1 fully saturated rings. The zero-order valence-electron chi connectivity index (χ0n) is 16.4. The van der Waals surface area contributed by atoms with Crippen LogP contribution < -0.4 is 0 Å². The Morgan fingerprint density at radius 3 is 2.76 bits per heavy atom. The molecule has 154 valence electrons. The van der Waals surface area contributed by atoms with Crippen molar-refractivity contribution >= 4 is 29.6 Å². The minimum Gasteiger partial charge on any atom is -0.452 e. The van der Waals surface area contributed by atoms with Gasteiger partial charge >= 0.3 is 5.97 Å². The Kier molecular flexibility index (Phi) is 6.69. The summed E-state index contributed by atoms with van der Waals surface area (Å²) in [6.07, 6.45) is 4.80. The van der Waals surface area contributed by atoms with Crippen molar-refractivity contribution in [1.82, 2.24) is 14.7 Å². The third kappa shape index (κ3) is 5.23. The average molecular weight is 420 g/mol. The number of hydrogen-bond donors (Lipinski definition) is 0. The summed E-state index contributed by atoms with van der Waals surface area (Å²) in [6.45, 7) is 4.97. The molecule has 0 spiro atoms. The van der Waals surface area contributed by atoms with E-state index in [0.717, 1.165) is 12.8 Å². The molecular weight excluding hydrogens is 397 g/mol. The van der Waals surface area contributed by atoms with Gasteiger partial charge in [-0.2, -0.15) is 5.10 Å². The van der Waals surface area contributed by atoms with Crippen LogP contribution in [0, 0.1) is 18.7 Å². The summed E-state index contributed by atoms with van der Waals surface area (Å²) in [7, 11) is 0. The third-order valence-corrected chi connectivity index (χ3v) is 5.22. The Morgan fingerprint density at radius 2 is 2.07 bits per heavy atom. The largest absolute Gasteiger partial charge is 0.452 e. The highest BCUT2D eigenvalue weighted by Crippen LogP contribution is 2.25. The molecule has 0 bridgehead atoms. The first-order valence-corrected chi connectivity index (χ1v) is 9.86. The first-order valence-electron chi connectivity index (χ1n) is 9.49. The van der Waals surface area contributed by atoms with Crippen LogP contribution in [0.5, 0.6) is 0 Å². The van der Waals surface area contributed by atoms with Crippen LogP contribution in [0.3, 0.4) is 0 Å². The Bertz CT molecular complexity index is 924. The van der Waals surface area contributed by atoms with E-state index in [2.05, 4.69) is 12.0 Å². The van der Waals surface area contributed by atoms with E-state index in [1.165, 1.54) is 29.0 Å². The number of carbonyl (C=O) groups is 2. The number of rotatable bonds is 5. The van der Waals surface area contributed by atoms with Gasteiger partial charge in [0, 0.05) is 24.7 Å². The number of aryl methyl sites for hydroxylation is 1. The van der Waals surface area contributed by atoms with Crippen molar-refractivity contribution < 1.29 is 18.7 Å². The van der Waals surface area contributed by atoms with Crippen molar-refractivity contribution in [3.63, 3.8) is 0 Å². The fourth-order valence-electron chi connectivity index (χ4n) is 3.29. The molecule has 1 atom stereocenters. The van der Waals surface area contributed by atoms with Crippen molar-refractivity contribution in [2.75, 3.05) is 19.7 Å². The molecule has 29 heavy (non-hydrogen) atoms. The lowest BCUT2D eigenvalue weighted by Crippen LogP contribution is -2.41. The number of hydrogen-bond acceptors (Lipinski definition) is 4. The molecule has 1 aliphatic heterocycles. The Labute approximate surface area is 173 Å². The topological polar surface area (TPSA) is 64.4 Å². The highest BCUT2D eigenvalue weighted by atomic mass is 35.5. The minimum atomic E-state index is -0.631. The number of benzene rings is 1. The molecule has 0 N–H and O–H groups in total. The highest BCUT2D eigenvalue weighted by molar-refractivity contribution is 6.31. The van der Waals surface area contributed by atoms with Crippen LogP contribution in [0.15, 0.2) is 30.3 Å². The van der Waals surface area contributed by atoms with Gasteiger partial charge in [0.1, 0.15) is 11.0 Å². The molecule has 1 amide bonds. The first-order chi connectivity index (χ1) is 13.8. The average Bonchev–Trinajstić information content (AvgIpc) is 2.98. The Balaban J connectivity index is 1.61. The monoisotopic (exact) mass is 419 g/mol. The summed E-state index contributed by atoms with van der Waals surface area (Å²) in [5, 5.41) is 4.62. The molecule has 6 nitrogen and oxygen atoms in total. The van der Waals surface area contributed by atoms with E-state index >= 15 is 0 Å². The summed E-state index contributed by atoms with van der Waals surface area (Å²) < 4.78 is 19.6. The van der Waals surface area contributed by atoms with Crippen LogP contribution >= 0.6 is 11.6 Å². The Hall–Kier alpha value is -2.67. The summed E-state index contributed by atoms with van der Waals surface area (Å²) in [5.41, 5.74) is 1.74. The number of amides is 1. The van der Waals surface area contributed by atoms with Gasteiger partial charge in [0.15, 0.2) is 6.61 Å². The number of carbonyl (C=O) groups excluding carboxylic acids is 2. The molecule has 1 aromatic carbocycles. The quantitative estimate of drug-likeness (QED) is 0.546. The van der Waals surface area contributed by atoms with Gasteiger partial charge in [-0.05, 0) is 56.0 Å². The summed E-state index contributed by atoms with van der Waals surface area (Å²) in [4.78, 5) is 25.9. The number of ether oxygens (including phenoxy) is 1. The van der Waals surface area contributed by atoms with Crippen LogP contribution in [0.4, 0.5) is 4.39 Å². The molecule has 1 saturated heterocycles. The molecule has 0 radical (unpaired) electrons. The smallest absolute Gasteiger partial charge is 0.331 e. The van der Waals surface area contributed by atoms with E-state index in [-0.39, 0.29) is 23.5 Å². The van der Waals surface area contributed by atoms with Gasteiger partial charge in [-0.25, -0.2) is 13.9 Å². The molecule has 1 aromatic heterocycles. The standard InChI is InChI=1S/C21H23ClFN3O3/c1-14-4-3-11-25(12-14)19(27)13-29-20(28)10-9-18-15(2)24-26(21(18)22)17-7-5-16(23)6-8-17/h5-10,14H,3-4,11-13H2,1-2H3/b10-9+. The number of halogens is 2. The second-order valence-electron chi connectivity index (χ2n) is 7.21. The second-order valence-corrected chi connectivity index (χ2v) is 7.56. The number of esters is 1. The summed E-state index contributed by atoms with van der Waals surface area (Å²) in [6, 6.07) is 5.75. The highest BCUT2D eigenvalue weighted by Gasteiger charge is 2.21. The van der Waals surface area contributed by atoms with Crippen LogP contribution in [-0.4, -0.2) is 46.3 Å². The van der Waals surface area contributed by atoms with Crippen molar-refractivity contribution in [2.24, 2.45) is 5.92 Å². The number of nitrogens with zero attached hydrogens (tertiary/aromatic N) is 3. The predicted octanol–water partition coefficient (Wildman–Crippen LogP) is 3.79. The molecular formula is C21H23ClFN3O3. The maximum absolute atomic E-state index is 13.1. The van der Waals surface area contributed by atoms with Crippen molar-refractivity contribution in [3.05, 3.63) is 52.6 Å². The van der Waals surface area contributed by atoms with E-state index in [1.807, 2.05) is 0 Å². The van der Waals surface area contributed by atoms with E-state index in [9.17, 15) is 14.0 Å². The minimum absolute atomic E-state index is 0.184. The lowest BCUT2D eigenvalue weighted by molar-refractivity contribution is -0.149. The SMILES string of the molecule is Cc1nn(-c2ccc(F)cc2)c(Cl)c1/C=C/C(=O)OCC(=O)N1CCCC(C)C1. The summed E-state index contributed by atoms with van der Waals surface area (Å²) >= 11 is 6.37. The number of aromatic nitrogens is 2. The maximum Gasteiger partial charge on any atom is 0.331 e. The molecule has 2 heterocycles.